The largest absolute Gasteiger partial charge is 0.496 e. The number of hydrogen-bond donors (Lipinski definition) is 1. The van der Waals surface area contributed by atoms with Crippen molar-refractivity contribution in [1.29, 1.82) is 0 Å². The van der Waals surface area contributed by atoms with Crippen LogP contribution >= 0.6 is 0 Å². The third-order valence-corrected chi connectivity index (χ3v) is 2.06. The van der Waals surface area contributed by atoms with Crippen molar-refractivity contribution in [1.82, 2.24) is 0 Å². The summed E-state index contributed by atoms with van der Waals surface area (Å²) in [6, 6.07) is 5.96. The molecule has 0 saturated carbocycles. The highest BCUT2D eigenvalue weighted by molar-refractivity contribution is 5.60. The fraction of sp³-hybridized carbons (Fsp3) is 0.333. The monoisotopic (exact) mass is 207 g/mol. The molecule has 0 spiro atoms. The number of methoxy groups -OCH3 is 2. The second kappa shape index (κ2) is 6.22. The topological polar surface area (TPSA) is 44.5 Å². The Balaban J connectivity index is 3.04. The molecule has 0 bridgehead atoms. The number of nitrogens with two attached hydrogens (primary N) is 1. The Bertz CT molecular complexity index is 334. The summed E-state index contributed by atoms with van der Waals surface area (Å²) >= 11 is 0. The molecule has 0 radical (unpaired) electrons. The van der Waals surface area contributed by atoms with Gasteiger partial charge < -0.3 is 15.2 Å². The van der Waals surface area contributed by atoms with Crippen LogP contribution in [-0.2, 0) is 11.3 Å². The van der Waals surface area contributed by atoms with Gasteiger partial charge in [-0.15, -0.1) is 0 Å². The van der Waals surface area contributed by atoms with Gasteiger partial charge in [-0.25, -0.2) is 0 Å². The van der Waals surface area contributed by atoms with Gasteiger partial charge in [0, 0.05) is 24.8 Å². The van der Waals surface area contributed by atoms with Crippen molar-refractivity contribution in [2.24, 2.45) is 5.73 Å². The summed E-state index contributed by atoms with van der Waals surface area (Å²) in [5.74, 6) is 0.851. The molecule has 82 valence electrons. The van der Waals surface area contributed by atoms with E-state index < -0.39 is 0 Å². The maximum atomic E-state index is 5.41. The highest BCUT2D eigenvalue weighted by Gasteiger charge is 2.05. The number of benzene rings is 1. The molecule has 0 atom stereocenters. The maximum absolute atomic E-state index is 5.41. The quantitative estimate of drug-likeness (QED) is 0.801. The van der Waals surface area contributed by atoms with Gasteiger partial charge in [0.05, 0.1) is 13.7 Å². The first kappa shape index (κ1) is 11.8. The van der Waals surface area contributed by atoms with E-state index in [1.807, 2.05) is 30.4 Å². The van der Waals surface area contributed by atoms with E-state index in [0.717, 1.165) is 16.9 Å². The van der Waals surface area contributed by atoms with E-state index >= 15 is 0 Å². The van der Waals surface area contributed by atoms with E-state index in [0.29, 0.717) is 13.2 Å². The molecule has 0 heterocycles. The van der Waals surface area contributed by atoms with Gasteiger partial charge in [-0.1, -0.05) is 30.4 Å². The Hall–Kier alpha value is -1.32. The van der Waals surface area contributed by atoms with Crippen LogP contribution in [0.2, 0.25) is 0 Å². The highest BCUT2D eigenvalue weighted by Crippen LogP contribution is 2.25. The van der Waals surface area contributed by atoms with E-state index in [1.54, 1.807) is 14.2 Å². The molecule has 0 fully saturated rings. The predicted octanol–water partition coefficient (Wildman–Crippen LogP) is 1.81. The number of para-hydroxylation sites is 1. The Labute approximate surface area is 90.5 Å². The van der Waals surface area contributed by atoms with Gasteiger partial charge in [-0.3, -0.25) is 0 Å². The van der Waals surface area contributed by atoms with Crippen LogP contribution in [0.25, 0.3) is 6.08 Å². The molecule has 3 nitrogen and oxygen atoms in total. The first-order chi connectivity index (χ1) is 7.33. The smallest absolute Gasteiger partial charge is 0.131 e. The van der Waals surface area contributed by atoms with Crippen LogP contribution in [0.5, 0.6) is 5.75 Å². The molecule has 1 aromatic carbocycles. The summed E-state index contributed by atoms with van der Waals surface area (Å²) in [5.41, 5.74) is 7.48. The van der Waals surface area contributed by atoms with Crippen molar-refractivity contribution in [2.45, 2.75) is 6.61 Å². The van der Waals surface area contributed by atoms with E-state index in [1.165, 1.54) is 0 Å². The van der Waals surface area contributed by atoms with Gasteiger partial charge in [0.15, 0.2) is 0 Å². The first-order valence-electron chi connectivity index (χ1n) is 4.85. The molecule has 0 aliphatic heterocycles. The van der Waals surface area contributed by atoms with E-state index in [4.69, 9.17) is 15.2 Å². The molecule has 0 unspecified atom stereocenters. The second-order valence-electron chi connectivity index (χ2n) is 3.11. The number of rotatable bonds is 5. The molecular weight excluding hydrogens is 190 g/mol. The molecule has 0 aliphatic carbocycles. The van der Waals surface area contributed by atoms with Crippen molar-refractivity contribution >= 4 is 6.08 Å². The third kappa shape index (κ3) is 3.08. The standard InChI is InChI=1S/C12H17NO2/c1-14-9-11-6-3-5-10(7-4-8-13)12(11)15-2/h3-7H,8-9,13H2,1-2H3/b7-4+. The zero-order chi connectivity index (χ0) is 11.1. The lowest BCUT2D eigenvalue weighted by atomic mass is 10.1. The summed E-state index contributed by atoms with van der Waals surface area (Å²) in [5, 5.41) is 0. The molecule has 0 amide bonds. The summed E-state index contributed by atoms with van der Waals surface area (Å²) < 4.78 is 10.5. The van der Waals surface area contributed by atoms with Crippen molar-refractivity contribution in [3.8, 4) is 5.75 Å². The zero-order valence-corrected chi connectivity index (χ0v) is 9.19. The van der Waals surface area contributed by atoms with Gasteiger partial charge in [0.25, 0.3) is 0 Å². The Morgan fingerprint density at radius 2 is 2.13 bits per heavy atom. The molecular formula is C12H17NO2. The Morgan fingerprint density at radius 1 is 1.33 bits per heavy atom. The van der Waals surface area contributed by atoms with Gasteiger partial charge >= 0.3 is 0 Å². The van der Waals surface area contributed by atoms with Crippen molar-refractivity contribution < 1.29 is 9.47 Å². The molecule has 3 heteroatoms. The number of hydrogen-bond acceptors (Lipinski definition) is 3. The van der Waals surface area contributed by atoms with Gasteiger partial charge in [0.1, 0.15) is 5.75 Å². The van der Waals surface area contributed by atoms with Crippen LogP contribution in [0.1, 0.15) is 11.1 Å². The van der Waals surface area contributed by atoms with Crippen molar-refractivity contribution in [3.63, 3.8) is 0 Å². The van der Waals surface area contributed by atoms with Crippen molar-refractivity contribution in [2.75, 3.05) is 20.8 Å². The lowest BCUT2D eigenvalue weighted by Gasteiger charge is -2.10. The van der Waals surface area contributed by atoms with Gasteiger partial charge in [0.2, 0.25) is 0 Å². The second-order valence-corrected chi connectivity index (χ2v) is 3.11. The average molecular weight is 207 g/mol. The van der Waals surface area contributed by atoms with Crippen LogP contribution in [0.4, 0.5) is 0 Å². The fourth-order valence-electron chi connectivity index (χ4n) is 1.45. The highest BCUT2D eigenvalue weighted by atomic mass is 16.5. The SMILES string of the molecule is COCc1cccc(/C=C/CN)c1OC. The molecule has 1 aromatic rings. The van der Waals surface area contributed by atoms with Crippen LogP contribution in [-0.4, -0.2) is 20.8 Å². The molecule has 0 aromatic heterocycles. The lowest BCUT2D eigenvalue weighted by molar-refractivity contribution is 0.181. The average Bonchev–Trinajstić information content (AvgIpc) is 2.27. The zero-order valence-electron chi connectivity index (χ0n) is 9.19. The van der Waals surface area contributed by atoms with Crippen LogP contribution < -0.4 is 10.5 Å². The molecule has 1 rings (SSSR count). The molecule has 0 aliphatic rings. The minimum Gasteiger partial charge on any atom is -0.496 e. The van der Waals surface area contributed by atoms with Gasteiger partial charge in [-0.05, 0) is 0 Å². The van der Waals surface area contributed by atoms with Crippen LogP contribution in [0.15, 0.2) is 24.3 Å². The summed E-state index contributed by atoms with van der Waals surface area (Å²) in [4.78, 5) is 0. The first-order valence-corrected chi connectivity index (χ1v) is 4.85. The van der Waals surface area contributed by atoms with Crippen molar-refractivity contribution in [3.05, 3.63) is 35.4 Å². The molecule has 15 heavy (non-hydrogen) atoms. The van der Waals surface area contributed by atoms with Crippen LogP contribution in [0, 0.1) is 0 Å². The predicted molar refractivity (Wildman–Crippen MR) is 61.8 cm³/mol. The van der Waals surface area contributed by atoms with E-state index in [-0.39, 0.29) is 0 Å². The van der Waals surface area contributed by atoms with Gasteiger partial charge in [-0.2, -0.15) is 0 Å². The minimum absolute atomic E-state index is 0.525. The maximum Gasteiger partial charge on any atom is 0.131 e. The number of ether oxygens (including phenoxy) is 2. The van der Waals surface area contributed by atoms with E-state index in [2.05, 4.69) is 0 Å². The molecule has 2 N–H and O–H groups in total. The normalized spacial score (nSPS) is 10.9. The fourth-order valence-corrected chi connectivity index (χ4v) is 1.45. The third-order valence-electron chi connectivity index (χ3n) is 2.06. The summed E-state index contributed by atoms with van der Waals surface area (Å²) in [6.45, 7) is 1.07. The molecule has 0 saturated heterocycles. The summed E-state index contributed by atoms with van der Waals surface area (Å²) in [6.07, 6.45) is 3.85. The lowest BCUT2D eigenvalue weighted by Crippen LogP contribution is -1.97. The van der Waals surface area contributed by atoms with Crippen LogP contribution in [0.3, 0.4) is 0 Å². The Morgan fingerprint density at radius 3 is 2.73 bits per heavy atom. The Kier molecular flexibility index (Phi) is 4.87. The minimum atomic E-state index is 0.525. The summed E-state index contributed by atoms with van der Waals surface area (Å²) in [7, 11) is 3.33. The van der Waals surface area contributed by atoms with E-state index in [9.17, 15) is 0 Å².